The maximum atomic E-state index is 3.88. The zero-order valence-electron chi connectivity index (χ0n) is 6.69. The molecule has 0 atom stereocenters. The molecule has 4 heteroatoms. The number of fused-ring (bicyclic) bond motifs is 1. The maximum Gasteiger partial charge on any atom is 0.133 e. The van der Waals surface area contributed by atoms with Gasteiger partial charge in [0.2, 0.25) is 0 Å². The van der Waals surface area contributed by atoms with Crippen molar-refractivity contribution in [3.63, 3.8) is 0 Å². The molecule has 1 aliphatic rings. The van der Waals surface area contributed by atoms with Gasteiger partial charge in [-0.15, -0.1) is 0 Å². The summed E-state index contributed by atoms with van der Waals surface area (Å²) in [5, 5.41) is 2.29. The first-order valence-electron chi connectivity index (χ1n) is 3.64. The molecule has 1 aliphatic heterocycles. The number of quaternary nitrogens is 2. The molecule has 0 saturated carbocycles. The maximum absolute atomic E-state index is 3.88. The van der Waals surface area contributed by atoms with Crippen LogP contribution in [0.4, 0.5) is 11.4 Å². The van der Waals surface area contributed by atoms with Crippen LogP contribution in [-0.4, -0.2) is 6.54 Å². The van der Waals surface area contributed by atoms with Gasteiger partial charge in [0.05, 0.1) is 6.54 Å². The zero-order chi connectivity index (χ0) is 6.97. The molecule has 1 aromatic rings. The first kappa shape index (κ1) is 11.7. The highest BCUT2D eigenvalue weighted by atomic mass is 35.5. The molecular formula is C8H12Cl2N2. The Labute approximate surface area is 84.4 Å². The van der Waals surface area contributed by atoms with Crippen molar-refractivity contribution in [2.45, 2.75) is 6.42 Å². The van der Waals surface area contributed by atoms with Crippen LogP contribution < -0.4 is 35.9 Å². The third kappa shape index (κ3) is 2.11. The Morgan fingerprint density at radius 1 is 1.25 bits per heavy atom. The molecule has 0 unspecified atom stereocenters. The topological polar surface area (TPSA) is 44.2 Å². The van der Waals surface area contributed by atoms with Crippen LogP contribution in [0.1, 0.15) is 5.56 Å². The van der Waals surface area contributed by atoms with Crippen molar-refractivity contribution < 1.29 is 35.9 Å². The van der Waals surface area contributed by atoms with Crippen molar-refractivity contribution in [3.8, 4) is 0 Å². The van der Waals surface area contributed by atoms with Crippen molar-refractivity contribution in [2.24, 2.45) is 0 Å². The minimum atomic E-state index is 0. The lowest BCUT2D eigenvalue weighted by atomic mass is 10.1. The number of benzene rings is 1. The molecule has 12 heavy (non-hydrogen) atoms. The van der Waals surface area contributed by atoms with Crippen molar-refractivity contribution in [1.82, 2.24) is 0 Å². The SMILES string of the molecule is [Cl-].[Cl-].[NH3+]c1ccc2c(c1)CC[NH2+]2. The number of hydrogen-bond acceptors (Lipinski definition) is 0. The smallest absolute Gasteiger partial charge is 0.133 e. The van der Waals surface area contributed by atoms with E-state index in [1.54, 1.807) is 0 Å². The molecule has 2 nitrogen and oxygen atoms in total. The molecule has 0 aromatic heterocycles. The van der Waals surface area contributed by atoms with Crippen LogP contribution in [0.15, 0.2) is 18.2 Å². The molecule has 2 rings (SSSR count). The van der Waals surface area contributed by atoms with Gasteiger partial charge in [0, 0.05) is 30.2 Å². The van der Waals surface area contributed by atoms with Gasteiger partial charge in [0.1, 0.15) is 11.4 Å². The molecule has 0 spiro atoms. The predicted molar refractivity (Wildman–Crippen MR) is 39.1 cm³/mol. The minimum Gasteiger partial charge on any atom is -1.00 e. The highest BCUT2D eigenvalue weighted by molar-refractivity contribution is 5.48. The second kappa shape index (κ2) is 4.67. The molecule has 68 valence electrons. The van der Waals surface area contributed by atoms with Crippen molar-refractivity contribution in [1.29, 1.82) is 0 Å². The molecule has 0 aliphatic carbocycles. The lowest BCUT2D eigenvalue weighted by molar-refractivity contribution is -0.561. The summed E-state index contributed by atoms with van der Waals surface area (Å²) in [5.74, 6) is 0. The molecule has 1 aromatic carbocycles. The first-order chi connectivity index (χ1) is 4.86. The van der Waals surface area contributed by atoms with Crippen molar-refractivity contribution in [3.05, 3.63) is 23.8 Å². The molecule has 0 amide bonds. The van der Waals surface area contributed by atoms with Gasteiger partial charge in [-0.1, -0.05) is 0 Å². The van der Waals surface area contributed by atoms with E-state index in [4.69, 9.17) is 0 Å². The largest absolute Gasteiger partial charge is 1.00 e. The Balaban J connectivity index is 0.000000605. The van der Waals surface area contributed by atoms with Gasteiger partial charge in [-0.05, 0) is 0 Å². The van der Waals surface area contributed by atoms with Crippen LogP contribution >= 0.6 is 0 Å². The fraction of sp³-hybridized carbons (Fsp3) is 0.250. The van der Waals surface area contributed by atoms with Gasteiger partial charge in [0.15, 0.2) is 0 Å². The third-order valence-electron chi connectivity index (χ3n) is 1.99. The average molecular weight is 207 g/mol. The minimum absolute atomic E-state index is 0. The number of halogens is 2. The monoisotopic (exact) mass is 206 g/mol. The molecular weight excluding hydrogens is 195 g/mol. The summed E-state index contributed by atoms with van der Waals surface area (Å²) in [7, 11) is 0. The van der Waals surface area contributed by atoms with Crippen LogP contribution in [0, 0.1) is 0 Å². The van der Waals surface area contributed by atoms with E-state index in [1.165, 1.54) is 24.2 Å². The number of hydrogen-bond donors (Lipinski definition) is 2. The summed E-state index contributed by atoms with van der Waals surface area (Å²) in [4.78, 5) is 0. The third-order valence-corrected chi connectivity index (χ3v) is 1.99. The number of rotatable bonds is 0. The summed E-state index contributed by atoms with van der Waals surface area (Å²) in [6.45, 7) is 1.21. The Morgan fingerprint density at radius 2 is 2.00 bits per heavy atom. The Bertz CT molecular complexity index is 263. The standard InChI is InChI=1S/C8H10N2.2ClH/c9-7-1-2-8-6(5-7)3-4-10-8;;/h1-2,5,10H,3-4,9H2;2*1H. The van der Waals surface area contributed by atoms with Gasteiger partial charge in [-0.3, -0.25) is 0 Å². The predicted octanol–water partition coefficient (Wildman–Crippen LogP) is -6.68. The quantitative estimate of drug-likeness (QED) is 0.397. The van der Waals surface area contributed by atoms with E-state index in [1.807, 2.05) is 0 Å². The van der Waals surface area contributed by atoms with Crippen LogP contribution in [-0.2, 0) is 6.42 Å². The molecule has 0 bridgehead atoms. The van der Waals surface area contributed by atoms with Gasteiger partial charge >= 0.3 is 0 Å². The van der Waals surface area contributed by atoms with Crippen molar-refractivity contribution in [2.75, 3.05) is 6.54 Å². The molecule has 0 fully saturated rings. The van der Waals surface area contributed by atoms with E-state index < -0.39 is 0 Å². The molecule has 1 heterocycles. The van der Waals surface area contributed by atoms with Gasteiger partial charge < -0.3 is 35.9 Å². The lowest BCUT2D eigenvalue weighted by Gasteiger charge is -1.91. The van der Waals surface area contributed by atoms with Crippen molar-refractivity contribution >= 4 is 11.4 Å². The fourth-order valence-electron chi connectivity index (χ4n) is 1.46. The van der Waals surface area contributed by atoms with Crippen LogP contribution in [0.3, 0.4) is 0 Å². The van der Waals surface area contributed by atoms with E-state index in [2.05, 4.69) is 29.2 Å². The zero-order valence-corrected chi connectivity index (χ0v) is 8.20. The van der Waals surface area contributed by atoms with Gasteiger partial charge in [0.25, 0.3) is 0 Å². The fourth-order valence-corrected chi connectivity index (χ4v) is 1.46. The van der Waals surface area contributed by atoms with Crippen LogP contribution in [0.2, 0.25) is 0 Å². The van der Waals surface area contributed by atoms with E-state index in [0.717, 1.165) is 5.69 Å². The van der Waals surface area contributed by atoms with E-state index in [0.29, 0.717) is 0 Å². The summed E-state index contributed by atoms with van der Waals surface area (Å²) in [5.41, 5.74) is 7.89. The van der Waals surface area contributed by atoms with E-state index >= 15 is 0 Å². The number of nitrogens with two attached hydrogens (primary N) is 1. The second-order valence-corrected chi connectivity index (χ2v) is 2.78. The lowest BCUT2D eigenvalue weighted by Crippen LogP contribution is -3.00. The van der Waals surface area contributed by atoms with Crippen LogP contribution in [0.5, 0.6) is 0 Å². The van der Waals surface area contributed by atoms with Gasteiger partial charge in [-0.2, -0.15) is 0 Å². The summed E-state index contributed by atoms with van der Waals surface area (Å²) in [6, 6.07) is 6.41. The second-order valence-electron chi connectivity index (χ2n) is 2.78. The van der Waals surface area contributed by atoms with Gasteiger partial charge in [-0.25, -0.2) is 0 Å². The Morgan fingerprint density at radius 3 is 2.75 bits per heavy atom. The first-order valence-corrected chi connectivity index (χ1v) is 3.64. The molecule has 0 radical (unpaired) electrons. The summed E-state index contributed by atoms with van der Waals surface area (Å²) < 4.78 is 0. The van der Waals surface area contributed by atoms with E-state index in [9.17, 15) is 0 Å². The molecule has 0 saturated heterocycles. The summed E-state index contributed by atoms with van der Waals surface area (Å²) in [6.07, 6.45) is 1.21. The van der Waals surface area contributed by atoms with E-state index in [-0.39, 0.29) is 24.8 Å². The Hall–Kier alpha value is -0.280. The normalized spacial score (nSPS) is 12.8. The Kier molecular flexibility index (Phi) is 4.57. The molecule has 5 N–H and O–H groups in total. The summed E-state index contributed by atoms with van der Waals surface area (Å²) >= 11 is 0. The highest BCUT2D eigenvalue weighted by Gasteiger charge is 2.14. The van der Waals surface area contributed by atoms with Crippen LogP contribution in [0.25, 0.3) is 0 Å². The highest BCUT2D eigenvalue weighted by Crippen LogP contribution is 2.16. The average Bonchev–Trinajstić information content (AvgIpc) is 2.33.